The van der Waals surface area contributed by atoms with Gasteiger partial charge in [-0.3, -0.25) is 0 Å². The van der Waals surface area contributed by atoms with E-state index in [4.69, 9.17) is 24.2 Å². The molecular formula is C31H41N3O8S. The summed E-state index contributed by atoms with van der Waals surface area (Å²) >= 11 is 0. The van der Waals surface area contributed by atoms with Crippen LogP contribution < -0.4 is 10.1 Å². The number of methoxy groups -OCH3 is 1. The lowest BCUT2D eigenvalue weighted by Crippen LogP contribution is -2.52. The van der Waals surface area contributed by atoms with Crippen molar-refractivity contribution in [2.45, 2.75) is 69.0 Å². The predicted octanol–water partition coefficient (Wildman–Crippen LogP) is 3.48. The number of amides is 1. The number of alkyl carbamates (subject to hydrolysis) is 1. The number of sulfonamides is 1. The Labute approximate surface area is 253 Å². The molecule has 11 nitrogen and oxygen atoms in total. The van der Waals surface area contributed by atoms with E-state index in [-0.39, 0.29) is 49.6 Å². The van der Waals surface area contributed by atoms with Gasteiger partial charge in [0.15, 0.2) is 6.29 Å². The number of nitrogens with one attached hydrogen (secondary N) is 1. The number of hydrogen-bond acceptors (Lipinski definition) is 9. The fraction of sp³-hybridized carbons (Fsp3) is 0.548. The fourth-order valence-electron chi connectivity index (χ4n) is 5.45. The topological polar surface area (TPSA) is 147 Å². The number of fused-ring (bicyclic) bond motifs is 1. The van der Waals surface area contributed by atoms with Gasteiger partial charge in [0.1, 0.15) is 11.9 Å². The van der Waals surface area contributed by atoms with Crippen LogP contribution in [-0.2, 0) is 30.7 Å². The highest BCUT2D eigenvalue weighted by Gasteiger charge is 2.44. The van der Waals surface area contributed by atoms with Gasteiger partial charge < -0.3 is 29.4 Å². The van der Waals surface area contributed by atoms with E-state index in [0.29, 0.717) is 18.8 Å². The Kier molecular flexibility index (Phi) is 11.0. The Balaban J connectivity index is 1.56. The summed E-state index contributed by atoms with van der Waals surface area (Å²) in [6.07, 6.45) is -1.20. The van der Waals surface area contributed by atoms with Gasteiger partial charge >= 0.3 is 6.09 Å². The second-order valence-corrected chi connectivity index (χ2v) is 13.7. The summed E-state index contributed by atoms with van der Waals surface area (Å²) in [5.74, 6) is 0.456. The molecule has 2 saturated heterocycles. The van der Waals surface area contributed by atoms with E-state index < -0.39 is 39.8 Å². The highest BCUT2D eigenvalue weighted by molar-refractivity contribution is 7.89. The summed E-state index contributed by atoms with van der Waals surface area (Å²) in [4.78, 5) is 13.1. The molecule has 0 aliphatic carbocycles. The third kappa shape index (κ3) is 8.68. The summed E-state index contributed by atoms with van der Waals surface area (Å²) in [5, 5.41) is 23.5. The number of carbonyl (C=O) groups is 1. The molecule has 12 heteroatoms. The second kappa shape index (κ2) is 14.5. The first kappa shape index (κ1) is 32.7. The third-order valence-electron chi connectivity index (χ3n) is 7.92. The minimum absolute atomic E-state index is 0.0399. The maximum atomic E-state index is 13.9. The molecule has 2 aromatic rings. The van der Waals surface area contributed by atoms with Gasteiger partial charge in [-0.1, -0.05) is 44.2 Å². The summed E-state index contributed by atoms with van der Waals surface area (Å²) in [7, 11) is -2.59. The Morgan fingerprint density at radius 3 is 2.58 bits per heavy atom. The largest absolute Gasteiger partial charge is 0.497 e. The number of hydrogen-bond donors (Lipinski definition) is 2. The highest BCUT2D eigenvalue weighted by atomic mass is 32.2. The minimum atomic E-state index is -4.08. The molecular weight excluding hydrogens is 574 g/mol. The van der Waals surface area contributed by atoms with E-state index >= 15 is 0 Å². The van der Waals surface area contributed by atoms with Gasteiger partial charge in [-0.25, -0.2) is 13.2 Å². The number of benzene rings is 2. The lowest BCUT2D eigenvalue weighted by Gasteiger charge is -2.35. The average molecular weight is 616 g/mol. The van der Waals surface area contributed by atoms with Gasteiger partial charge in [-0.2, -0.15) is 9.57 Å². The number of aliphatic hydroxyl groups is 1. The van der Waals surface area contributed by atoms with Gasteiger partial charge in [-0.05, 0) is 54.5 Å². The van der Waals surface area contributed by atoms with E-state index in [1.807, 2.05) is 44.2 Å². The minimum Gasteiger partial charge on any atom is -0.497 e. The van der Waals surface area contributed by atoms with Crippen molar-refractivity contribution in [2.75, 3.05) is 33.4 Å². The molecule has 2 heterocycles. The van der Waals surface area contributed by atoms with Crippen LogP contribution in [0.25, 0.3) is 0 Å². The molecule has 0 radical (unpaired) electrons. The van der Waals surface area contributed by atoms with Crippen molar-refractivity contribution in [1.29, 1.82) is 5.26 Å². The first-order chi connectivity index (χ1) is 20.5. The second-order valence-electron chi connectivity index (χ2n) is 11.8. The maximum absolute atomic E-state index is 13.9. The summed E-state index contributed by atoms with van der Waals surface area (Å²) < 4.78 is 51.1. The number of aliphatic hydroxyl groups excluding tert-OH is 1. The van der Waals surface area contributed by atoms with Crippen LogP contribution >= 0.6 is 0 Å². The molecule has 2 aliphatic rings. The van der Waals surface area contributed by atoms with Crippen LogP contribution in [0, 0.1) is 22.7 Å². The molecule has 5 atom stereocenters. The number of rotatable bonds is 14. The van der Waals surface area contributed by atoms with Gasteiger partial charge in [0.25, 0.3) is 0 Å². The molecule has 0 aromatic heterocycles. The van der Waals surface area contributed by atoms with Crippen LogP contribution in [0.5, 0.6) is 5.75 Å². The van der Waals surface area contributed by atoms with Gasteiger partial charge in [0, 0.05) is 19.5 Å². The lowest BCUT2D eigenvalue weighted by molar-refractivity contribution is -0.0907. The smallest absolute Gasteiger partial charge is 0.407 e. The van der Waals surface area contributed by atoms with Crippen molar-refractivity contribution in [3.8, 4) is 11.8 Å². The van der Waals surface area contributed by atoms with E-state index in [2.05, 4.69) is 11.4 Å². The molecule has 2 fully saturated rings. The van der Waals surface area contributed by atoms with E-state index in [1.54, 1.807) is 12.1 Å². The lowest BCUT2D eigenvalue weighted by atomic mass is 9.88. The molecule has 43 heavy (non-hydrogen) atoms. The molecule has 2 N–H and O–H groups in total. The van der Waals surface area contributed by atoms with Gasteiger partial charge in [0.2, 0.25) is 10.0 Å². The molecule has 0 spiro atoms. The molecule has 0 saturated carbocycles. The first-order valence-corrected chi connectivity index (χ1v) is 15.9. The third-order valence-corrected chi connectivity index (χ3v) is 9.74. The molecule has 4 rings (SSSR count). The molecule has 0 bridgehead atoms. The van der Waals surface area contributed by atoms with Crippen molar-refractivity contribution in [1.82, 2.24) is 9.62 Å². The molecule has 1 amide bonds. The Bertz CT molecular complexity index is 1350. The highest BCUT2D eigenvalue weighted by Crippen LogP contribution is 2.33. The zero-order valence-corrected chi connectivity index (χ0v) is 25.7. The average Bonchev–Trinajstić information content (AvgIpc) is 3.61. The Hall–Kier alpha value is -3.21. The normalized spacial score (nSPS) is 21.5. The summed E-state index contributed by atoms with van der Waals surface area (Å²) in [5.41, 5.74) is 0.276. The predicted molar refractivity (Wildman–Crippen MR) is 158 cm³/mol. The quantitative estimate of drug-likeness (QED) is 0.326. The molecule has 1 unspecified atom stereocenters. The zero-order valence-electron chi connectivity index (χ0n) is 24.8. The molecule has 2 aliphatic heterocycles. The van der Waals surface area contributed by atoms with Crippen LogP contribution in [0.15, 0.2) is 59.5 Å². The Morgan fingerprint density at radius 1 is 1.19 bits per heavy atom. The number of carbonyl (C=O) groups excluding carboxylic acids is 1. The monoisotopic (exact) mass is 615 g/mol. The van der Waals surface area contributed by atoms with Crippen molar-refractivity contribution in [3.05, 3.63) is 60.2 Å². The van der Waals surface area contributed by atoms with Crippen molar-refractivity contribution < 1.29 is 37.3 Å². The van der Waals surface area contributed by atoms with E-state index in [1.165, 1.54) is 23.5 Å². The number of nitrogens with zero attached hydrogens (tertiary/aromatic N) is 2. The molecule has 2 aromatic carbocycles. The standard InChI is InChI=1S/C31H41N3O8S/c1-31(2,15-7-16-32)21-34(43(37,38)24-12-10-23(39-3)11-13-24)19-27(35)26(18-22-8-5-4-6-9-22)33-30(36)42-28-20-41-29-25(28)14-17-40-29/h4-6,8-13,25-29,35H,7,14-15,17-21H2,1-3H3,(H,33,36)/t25-,26?,27+,28-,29+/m1/s1. The Morgan fingerprint density at radius 2 is 1.91 bits per heavy atom. The molecule has 234 valence electrons. The number of ether oxygens (including phenoxy) is 4. The van der Waals surface area contributed by atoms with E-state index in [9.17, 15) is 18.3 Å². The fourth-order valence-corrected chi connectivity index (χ4v) is 7.10. The van der Waals surface area contributed by atoms with Gasteiger partial charge in [-0.15, -0.1) is 0 Å². The van der Waals surface area contributed by atoms with Crippen LogP contribution in [0.1, 0.15) is 38.7 Å². The van der Waals surface area contributed by atoms with Crippen molar-refractivity contribution in [3.63, 3.8) is 0 Å². The van der Waals surface area contributed by atoms with Crippen LogP contribution in [0.3, 0.4) is 0 Å². The SMILES string of the molecule is COc1ccc(S(=O)(=O)N(C[C@H](O)C(Cc2ccccc2)NC(=O)O[C@@H]2CO[C@@H]3OCC[C@@H]32)CC(C)(C)CCC#N)cc1. The van der Waals surface area contributed by atoms with Crippen LogP contribution in [-0.4, -0.2) is 81.9 Å². The van der Waals surface area contributed by atoms with Crippen molar-refractivity contribution >= 4 is 16.1 Å². The van der Waals surface area contributed by atoms with E-state index in [0.717, 1.165) is 12.0 Å². The summed E-state index contributed by atoms with van der Waals surface area (Å²) in [6.45, 7) is 4.27. The zero-order chi connectivity index (χ0) is 31.0. The first-order valence-electron chi connectivity index (χ1n) is 14.5. The summed E-state index contributed by atoms with van der Waals surface area (Å²) in [6, 6.07) is 16.6. The maximum Gasteiger partial charge on any atom is 0.407 e. The van der Waals surface area contributed by atoms with Crippen LogP contribution in [0.2, 0.25) is 0 Å². The van der Waals surface area contributed by atoms with Crippen molar-refractivity contribution in [2.24, 2.45) is 11.3 Å². The van der Waals surface area contributed by atoms with Crippen LogP contribution in [0.4, 0.5) is 4.79 Å². The van der Waals surface area contributed by atoms with Gasteiger partial charge in [0.05, 0.1) is 49.4 Å². The number of nitriles is 1.